The summed E-state index contributed by atoms with van der Waals surface area (Å²) in [6, 6.07) is 6.50. The summed E-state index contributed by atoms with van der Waals surface area (Å²) in [7, 11) is 1.68. The number of carbonyl (C=O) groups excluding carboxylic acids is 2. The summed E-state index contributed by atoms with van der Waals surface area (Å²) < 4.78 is 0. The topological polar surface area (TPSA) is 69.6 Å². The Bertz CT molecular complexity index is 437. The van der Waals surface area contributed by atoms with Crippen molar-refractivity contribution in [3.8, 4) is 0 Å². The number of carbonyl (C=O) groups is 2. The molecule has 1 aromatic rings. The molecule has 1 rings (SSSR count). The van der Waals surface area contributed by atoms with Crippen molar-refractivity contribution < 1.29 is 14.7 Å². The molecule has 18 heavy (non-hydrogen) atoms. The van der Waals surface area contributed by atoms with Crippen LogP contribution in [0.1, 0.15) is 10.4 Å². The lowest BCUT2D eigenvalue weighted by molar-refractivity contribution is -0.121. The number of hydrogen-bond acceptors (Lipinski definition) is 4. The van der Waals surface area contributed by atoms with Crippen molar-refractivity contribution >= 4 is 23.4 Å². The molecule has 1 aromatic carbocycles. The molecule has 0 heterocycles. The van der Waals surface area contributed by atoms with E-state index in [2.05, 4.69) is 5.32 Å². The lowest BCUT2D eigenvalue weighted by atomic mass is 10.2. The molecule has 0 aliphatic carbocycles. The summed E-state index contributed by atoms with van der Waals surface area (Å²) in [6.45, 7) is 0.368. The van der Waals surface area contributed by atoms with Crippen LogP contribution >= 0.6 is 11.6 Å². The second-order valence-electron chi connectivity index (χ2n) is 3.82. The van der Waals surface area contributed by atoms with Gasteiger partial charge in [0, 0.05) is 6.54 Å². The van der Waals surface area contributed by atoms with E-state index in [1.165, 1.54) is 0 Å². The monoisotopic (exact) mass is 270 g/mol. The number of hydrogen-bond donors (Lipinski definition) is 2. The van der Waals surface area contributed by atoms with Gasteiger partial charge < -0.3 is 5.11 Å². The summed E-state index contributed by atoms with van der Waals surface area (Å²) in [5, 5.41) is 11.2. The molecule has 0 spiro atoms. The van der Waals surface area contributed by atoms with Gasteiger partial charge in [0.1, 0.15) is 0 Å². The Kier molecular flexibility index (Phi) is 5.77. The maximum Gasteiger partial charge on any atom is 0.259 e. The van der Waals surface area contributed by atoms with Crippen LogP contribution in [0.4, 0.5) is 0 Å². The number of halogens is 1. The molecule has 0 bridgehead atoms. The second-order valence-corrected chi connectivity index (χ2v) is 4.23. The maximum atomic E-state index is 11.7. The number of nitrogens with one attached hydrogen (secondary N) is 1. The van der Waals surface area contributed by atoms with Crippen LogP contribution in [-0.4, -0.2) is 48.6 Å². The van der Waals surface area contributed by atoms with Gasteiger partial charge in [-0.2, -0.15) is 0 Å². The number of benzene rings is 1. The molecular weight excluding hydrogens is 256 g/mol. The van der Waals surface area contributed by atoms with Crippen molar-refractivity contribution in [3.63, 3.8) is 0 Å². The number of aliphatic hydroxyl groups is 1. The molecule has 0 saturated heterocycles. The Morgan fingerprint density at radius 2 is 2.06 bits per heavy atom. The molecule has 5 nitrogen and oxygen atoms in total. The number of nitrogens with zero attached hydrogens (tertiary/aromatic N) is 1. The minimum Gasteiger partial charge on any atom is -0.395 e. The van der Waals surface area contributed by atoms with Crippen molar-refractivity contribution in [2.45, 2.75) is 0 Å². The molecule has 0 fully saturated rings. The summed E-state index contributed by atoms with van der Waals surface area (Å²) in [4.78, 5) is 24.9. The van der Waals surface area contributed by atoms with E-state index in [-0.39, 0.29) is 18.7 Å². The highest BCUT2D eigenvalue weighted by Gasteiger charge is 2.14. The Hall–Kier alpha value is -1.43. The zero-order valence-corrected chi connectivity index (χ0v) is 10.8. The second kappa shape index (κ2) is 7.10. The first kappa shape index (κ1) is 14.6. The van der Waals surface area contributed by atoms with E-state index in [4.69, 9.17) is 16.7 Å². The van der Waals surface area contributed by atoms with Gasteiger partial charge in [-0.15, -0.1) is 0 Å². The van der Waals surface area contributed by atoms with E-state index in [1.54, 1.807) is 36.2 Å². The molecule has 2 amide bonds. The van der Waals surface area contributed by atoms with E-state index in [1.807, 2.05) is 0 Å². The quantitative estimate of drug-likeness (QED) is 0.818. The molecule has 0 aliphatic heterocycles. The number of rotatable bonds is 5. The fourth-order valence-electron chi connectivity index (χ4n) is 1.37. The predicted molar refractivity (Wildman–Crippen MR) is 68.5 cm³/mol. The highest BCUT2D eigenvalue weighted by atomic mass is 35.5. The number of aliphatic hydroxyl groups excluding tert-OH is 1. The molecule has 6 heteroatoms. The van der Waals surface area contributed by atoms with Gasteiger partial charge in [0.15, 0.2) is 0 Å². The van der Waals surface area contributed by atoms with E-state index in [0.29, 0.717) is 11.6 Å². The number of amides is 2. The molecule has 0 aliphatic rings. The zero-order valence-electron chi connectivity index (χ0n) is 10.0. The first-order valence-electron chi connectivity index (χ1n) is 5.42. The zero-order chi connectivity index (χ0) is 13.5. The minimum absolute atomic E-state index is 0.0384. The van der Waals surface area contributed by atoms with Crippen LogP contribution in [0.25, 0.3) is 0 Å². The van der Waals surface area contributed by atoms with Crippen molar-refractivity contribution in [1.82, 2.24) is 10.2 Å². The summed E-state index contributed by atoms with van der Waals surface area (Å²) >= 11 is 5.84. The van der Waals surface area contributed by atoms with Crippen LogP contribution in [0.3, 0.4) is 0 Å². The Morgan fingerprint density at radius 3 is 2.67 bits per heavy atom. The van der Waals surface area contributed by atoms with Crippen molar-refractivity contribution in [2.24, 2.45) is 0 Å². The predicted octanol–water partition coefficient (Wildman–Crippen LogP) is 0.521. The van der Waals surface area contributed by atoms with Crippen molar-refractivity contribution in [1.29, 1.82) is 0 Å². The fourth-order valence-corrected chi connectivity index (χ4v) is 1.60. The standard InChI is InChI=1S/C12H15ClN2O3/c1-15(6-7-16)8-11(17)14-12(18)9-4-2-3-5-10(9)13/h2-5,16H,6-8H2,1H3,(H,14,17,18). The first-order valence-corrected chi connectivity index (χ1v) is 5.80. The highest BCUT2D eigenvalue weighted by Crippen LogP contribution is 2.14. The average Bonchev–Trinajstić information content (AvgIpc) is 2.29. The largest absolute Gasteiger partial charge is 0.395 e. The van der Waals surface area contributed by atoms with Crippen LogP contribution in [0.2, 0.25) is 5.02 Å². The molecule has 98 valence electrons. The molecule has 0 aromatic heterocycles. The van der Waals surface area contributed by atoms with Gasteiger partial charge in [0.05, 0.1) is 23.7 Å². The molecule has 0 atom stereocenters. The third kappa shape index (κ3) is 4.44. The molecule has 0 saturated carbocycles. The highest BCUT2D eigenvalue weighted by molar-refractivity contribution is 6.34. The lowest BCUT2D eigenvalue weighted by Crippen LogP contribution is -2.39. The van der Waals surface area contributed by atoms with Crippen molar-refractivity contribution in [2.75, 3.05) is 26.7 Å². The Morgan fingerprint density at radius 1 is 1.39 bits per heavy atom. The van der Waals surface area contributed by atoms with Gasteiger partial charge in [-0.3, -0.25) is 19.8 Å². The van der Waals surface area contributed by atoms with Gasteiger partial charge in [-0.05, 0) is 19.2 Å². The molecule has 0 radical (unpaired) electrons. The third-order valence-corrected chi connectivity index (χ3v) is 2.60. The Balaban J connectivity index is 2.55. The van der Waals surface area contributed by atoms with Gasteiger partial charge in [0.2, 0.25) is 5.91 Å². The normalized spacial score (nSPS) is 10.4. The fraction of sp³-hybridized carbons (Fsp3) is 0.333. The van der Waals surface area contributed by atoms with Crippen LogP contribution < -0.4 is 5.32 Å². The minimum atomic E-state index is -0.525. The molecule has 0 unspecified atom stereocenters. The lowest BCUT2D eigenvalue weighted by Gasteiger charge is -2.14. The van der Waals surface area contributed by atoms with E-state index in [9.17, 15) is 9.59 Å². The number of imide groups is 1. The molecule has 2 N–H and O–H groups in total. The number of likely N-dealkylation sites (N-methyl/N-ethyl adjacent to an activating group) is 1. The Labute approximate surface area is 110 Å². The molecular formula is C12H15ClN2O3. The van der Waals surface area contributed by atoms with Gasteiger partial charge in [-0.1, -0.05) is 23.7 Å². The van der Waals surface area contributed by atoms with E-state index >= 15 is 0 Å². The van der Waals surface area contributed by atoms with Crippen LogP contribution in [-0.2, 0) is 4.79 Å². The summed E-state index contributed by atoms with van der Waals surface area (Å²) in [5.41, 5.74) is 0.261. The van der Waals surface area contributed by atoms with Crippen LogP contribution in [0.5, 0.6) is 0 Å². The van der Waals surface area contributed by atoms with Crippen LogP contribution in [0, 0.1) is 0 Å². The van der Waals surface area contributed by atoms with Gasteiger partial charge in [0.25, 0.3) is 5.91 Å². The van der Waals surface area contributed by atoms with E-state index < -0.39 is 11.8 Å². The summed E-state index contributed by atoms with van der Waals surface area (Å²) in [6.07, 6.45) is 0. The SMILES string of the molecule is CN(CCO)CC(=O)NC(=O)c1ccccc1Cl. The third-order valence-electron chi connectivity index (χ3n) is 2.27. The maximum absolute atomic E-state index is 11.7. The summed E-state index contributed by atoms with van der Waals surface area (Å²) in [5.74, 6) is -0.959. The van der Waals surface area contributed by atoms with Crippen molar-refractivity contribution in [3.05, 3.63) is 34.9 Å². The van der Waals surface area contributed by atoms with Gasteiger partial charge >= 0.3 is 0 Å². The average molecular weight is 271 g/mol. The van der Waals surface area contributed by atoms with Crippen LogP contribution in [0.15, 0.2) is 24.3 Å². The van der Waals surface area contributed by atoms with Gasteiger partial charge in [-0.25, -0.2) is 0 Å². The first-order chi connectivity index (χ1) is 8.54. The van der Waals surface area contributed by atoms with E-state index in [0.717, 1.165) is 0 Å². The smallest absolute Gasteiger partial charge is 0.259 e.